The van der Waals surface area contributed by atoms with Gasteiger partial charge in [-0.1, -0.05) is 0 Å². The van der Waals surface area contributed by atoms with Gasteiger partial charge in [0.2, 0.25) is 0 Å². The number of carboxylic acid groups (broad SMARTS) is 1. The van der Waals surface area contributed by atoms with Crippen molar-refractivity contribution in [3.63, 3.8) is 0 Å². The summed E-state index contributed by atoms with van der Waals surface area (Å²) in [6.45, 7) is 6.93. The number of nitrogens with one attached hydrogen (secondary N) is 1. The van der Waals surface area contributed by atoms with Crippen molar-refractivity contribution < 1.29 is 28.9 Å². The Morgan fingerprint density at radius 2 is 1.73 bits per heavy atom. The zero-order chi connectivity index (χ0) is 17.2. The van der Waals surface area contributed by atoms with E-state index in [2.05, 4.69) is 5.32 Å². The number of carboxylic acids is 1. The Labute approximate surface area is 131 Å². The van der Waals surface area contributed by atoms with Crippen LogP contribution < -0.4 is 5.32 Å². The van der Waals surface area contributed by atoms with Crippen LogP contribution in [0.5, 0.6) is 0 Å². The number of carbonyl (C=O) groups is 2. The molecule has 1 saturated carbocycles. The maximum atomic E-state index is 11.9. The van der Waals surface area contributed by atoms with Gasteiger partial charge in [-0.25, -0.2) is 4.79 Å². The topological polar surface area (TPSA) is 94.1 Å². The summed E-state index contributed by atoms with van der Waals surface area (Å²) in [6, 6.07) is -0.412. The Bertz CT molecular complexity index is 426. The quantitative estimate of drug-likeness (QED) is 0.772. The van der Waals surface area contributed by atoms with Crippen LogP contribution in [0.25, 0.3) is 0 Å². The van der Waals surface area contributed by atoms with E-state index < -0.39 is 34.9 Å². The fourth-order valence-electron chi connectivity index (χ4n) is 2.86. The summed E-state index contributed by atoms with van der Waals surface area (Å²) >= 11 is 0. The van der Waals surface area contributed by atoms with Crippen LogP contribution in [0.3, 0.4) is 0 Å². The van der Waals surface area contributed by atoms with Gasteiger partial charge in [-0.2, -0.15) is 0 Å². The van der Waals surface area contributed by atoms with Crippen LogP contribution >= 0.6 is 0 Å². The summed E-state index contributed by atoms with van der Waals surface area (Å²) in [6.07, 6.45) is 0.292. The number of rotatable bonds is 4. The van der Waals surface area contributed by atoms with Crippen molar-refractivity contribution >= 4 is 12.1 Å². The van der Waals surface area contributed by atoms with Gasteiger partial charge in [-0.15, -0.1) is 0 Å². The summed E-state index contributed by atoms with van der Waals surface area (Å²) in [7, 11) is 2.95. The third-order valence-electron chi connectivity index (χ3n) is 3.90. The maximum Gasteiger partial charge on any atom is 0.407 e. The van der Waals surface area contributed by atoms with E-state index in [4.69, 9.17) is 14.2 Å². The van der Waals surface area contributed by atoms with Crippen LogP contribution in [0.1, 0.15) is 47.0 Å². The van der Waals surface area contributed by atoms with Crippen molar-refractivity contribution in [2.75, 3.05) is 14.2 Å². The van der Waals surface area contributed by atoms with Crippen molar-refractivity contribution in [3.05, 3.63) is 0 Å². The fraction of sp³-hybridized carbons (Fsp3) is 0.867. The highest BCUT2D eigenvalue weighted by Crippen LogP contribution is 2.43. The van der Waals surface area contributed by atoms with Crippen LogP contribution in [0.4, 0.5) is 4.79 Å². The molecule has 7 nitrogen and oxygen atoms in total. The maximum absolute atomic E-state index is 11.9. The fourth-order valence-corrected chi connectivity index (χ4v) is 2.86. The number of hydrogen-bond donors (Lipinski definition) is 2. The second-order valence-electron chi connectivity index (χ2n) is 7.11. The van der Waals surface area contributed by atoms with Gasteiger partial charge in [-0.05, 0) is 34.1 Å². The third kappa shape index (κ3) is 4.58. The molecule has 1 amide bonds. The average Bonchev–Trinajstić information content (AvgIpc) is 2.35. The minimum atomic E-state index is -1.05. The lowest BCUT2D eigenvalue weighted by Gasteiger charge is -2.45. The summed E-state index contributed by atoms with van der Waals surface area (Å²) in [4.78, 5) is 23.5. The SMILES string of the molecule is COC1(OC)CC(NC(=O)OC(C)(C)C)CC(C)(C(=O)O)C1. The van der Waals surface area contributed by atoms with E-state index in [9.17, 15) is 14.7 Å². The normalized spacial score (nSPS) is 28.0. The largest absolute Gasteiger partial charge is 0.481 e. The van der Waals surface area contributed by atoms with Gasteiger partial charge >= 0.3 is 12.1 Å². The van der Waals surface area contributed by atoms with E-state index in [1.807, 2.05) is 0 Å². The third-order valence-corrected chi connectivity index (χ3v) is 3.90. The number of alkyl carbamates (subject to hydrolysis) is 1. The van der Waals surface area contributed by atoms with E-state index in [1.54, 1.807) is 27.7 Å². The molecule has 1 fully saturated rings. The molecule has 0 saturated heterocycles. The number of aliphatic carboxylic acids is 1. The second kappa shape index (κ2) is 6.42. The van der Waals surface area contributed by atoms with Crippen molar-refractivity contribution in [1.82, 2.24) is 5.32 Å². The standard InChI is InChI=1S/C15H27NO6/c1-13(2,3)22-12(19)16-10-7-14(4,11(17)18)9-15(8-10,20-5)21-6/h10H,7-9H2,1-6H3,(H,16,19)(H,17,18). The first-order chi connectivity index (χ1) is 9.95. The summed E-state index contributed by atoms with van der Waals surface area (Å²) < 4.78 is 16.0. The number of methoxy groups -OCH3 is 2. The smallest absolute Gasteiger partial charge is 0.407 e. The van der Waals surface area contributed by atoms with Gasteiger partial charge in [0, 0.05) is 33.1 Å². The Balaban J connectivity index is 2.90. The molecule has 2 atom stereocenters. The molecular formula is C15H27NO6. The zero-order valence-electron chi connectivity index (χ0n) is 14.2. The van der Waals surface area contributed by atoms with Gasteiger partial charge in [0.05, 0.1) is 5.41 Å². The first-order valence-electron chi connectivity index (χ1n) is 7.28. The van der Waals surface area contributed by atoms with Gasteiger partial charge in [0.25, 0.3) is 0 Å². The molecule has 0 spiro atoms. The number of ether oxygens (including phenoxy) is 3. The Morgan fingerprint density at radius 1 is 1.18 bits per heavy atom. The second-order valence-corrected chi connectivity index (χ2v) is 7.11. The molecule has 0 bridgehead atoms. The lowest BCUT2D eigenvalue weighted by Crippen LogP contribution is -2.55. The number of carbonyl (C=O) groups excluding carboxylic acids is 1. The predicted octanol–water partition coefficient (Wildman–Crippen LogP) is 2.14. The average molecular weight is 317 g/mol. The molecule has 7 heteroatoms. The summed E-state index contributed by atoms with van der Waals surface area (Å²) in [5, 5.41) is 12.2. The molecule has 0 aromatic heterocycles. The molecular weight excluding hydrogens is 290 g/mol. The van der Waals surface area contributed by atoms with Crippen LogP contribution in [-0.4, -0.2) is 48.8 Å². The molecule has 1 rings (SSSR count). The molecule has 2 N–H and O–H groups in total. The molecule has 0 radical (unpaired) electrons. The molecule has 0 aromatic carbocycles. The molecule has 0 aromatic rings. The van der Waals surface area contributed by atoms with Crippen molar-refractivity contribution in [2.45, 2.75) is 64.4 Å². The molecule has 1 aliphatic carbocycles. The Kier molecular flexibility index (Phi) is 5.46. The van der Waals surface area contributed by atoms with Crippen LogP contribution in [0.15, 0.2) is 0 Å². The molecule has 22 heavy (non-hydrogen) atoms. The first-order valence-corrected chi connectivity index (χ1v) is 7.28. The van der Waals surface area contributed by atoms with Gasteiger partial charge in [0.1, 0.15) is 5.60 Å². The Morgan fingerprint density at radius 3 is 2.14 bits per heavy atom. The lowest BCUT2D eigenvalue weighted by molar-refractivity contribution is -0.247. The minimum Gasteiger partial charge on any atom is -0.481 e. The lowest BCUT2D eigenvalue weighted by atomic mass is 9.70. The molecule has 0 aliphatic heterocycles. The van der Waals surface area contributed by atoms with Crippen LogP contribution in [0.2, 0.25) is 0 Å². The van der Waals surface area contributed by atoms with Crippen molar-refractivity contribution in [3.8, 4) is 0 Å². The van der Waals surface area contributed by atoms with Gasteiger partial charge < -0.3 is 24.6 Å². The van der Waals surface area contributed by atoms with Gasteiger partial charge in [0.15, 0.2) is 5.79 Å². The molecule has 128 valence electrons. The van der Waals surface area contributed by atoms with E-state index in [0.29, 0.717) is 6.42 Å². The van der Waals surface area contributed by atoms with Crippen LogP contribution in [-0.2, 0) is 19.0 Å². The van der Waals surface area contributed by atoms with E-state index in [1.165, 1.54) is 14.2 Å². The predicted molar refractivity (Wildman–Crippen MR) is 79.5 cm³/mol. The van der Waals surface area contributed by atoms with Crippen molar-refractivity contribution in [1.29, 1.82) is 0 Å². The highest BCUT2D eigenvalue weighted by atomic mass is 16.7. The van der Waals surface area contributed by atoms with E-state index >= 15 is 0 Å². The molecule has 0 heterocycles. The van der Waals surface area contributed by atoms with E-state index in [-0.39, 0.29) is 12.8 Å². The van der Waals surface area contributed by atoms with Gasteiger partial charge in [-0.3, -0.25) is 4.79 Å². The van der Waals surface area contributed by atoms with E-state index in [0.717, 1.165) is 0 Å². The highest BCUT2D eigenvalue weighted by molar-refractivity contribution is 5.75. The Hall–Kier alpha value is -1.34. The molecule has 2 unspecified atom stereocenters. The zero-order valence-corrected chi connectivity index (χ0v) is 14.2. The summed E-state index contributed by atoms with van der Waals surface area (Å²) in [5.74, 6) is -1.98. The van der Waals surface area contributed by atoms with Crippen molar-refractivity contribution in [2.24, 2.45) is 5.41 Å². The molecule has 1 aliphatic rings. The first kappa shape index (κ1) is 18.7. The minimum absolute atomic E-state index is 0.217. The monoisotopic (exact) mass is 317 g/mol. The summed E-state index contributed by atoms with van der Waals surface area (Å²) in [5.41, 5.74) is -1.67. The number of amides is 1. The highest BCUT2D eigenvalue weighted by Gasteiger charge is 2.51. The van der Waals surface area contributed by atoms with Crippen LogP contribution in [0, 0.1) is 5.41 Å². The number of hydrogen-bond acceptors (Lipinski definition) is 5.